The van der Waals surface area contributed by atoms with Gasteiger partial charge in [-0.3, -0.25) is 4.79 Å². The van der Waals surface area contributed by atoms with Crippen LogP contribution in [0, 0.1) is 17.6 Å². The number of hydrogen-bond acceptors (Lipinski definition) is 14. The summed E-state index contributed by atoms with van der Waals surface area (Å²) in [6.45, 7) is 8.80. The van der Waals surface area contributed by atoms with Crippen LogP contribution in [0.3, 0.4) is 0 Å². The molecule has 5 atom stereocenters. The van der Waals surface area contributed by atoms with Crippen LogP contribution in [0.15, 0.2) is 90.5 Å². The topological polar surface area (TPSA) is 174 Å². The lowest BCUT2D eigenvalue weighted by Gasteiger charge is -2.37. The van der Waals surface area contributed by atoms with E-state index in [1.54, 1.807) is 17.9 Å². The summed E-state index contributed by atoms with van der Waals surface area (Å²) < 4.78 is 60.6. The molecule has 0 spiro atoms. The molecule has 5 aromatic rings. The van der Waals surface area contributed by atoms with Crippen LogP contribution in [0.5, 0.6) is 5.75 Å². The molecule has 0 bridgehead atoms. The fraction of sp³-hybridized carbons (Fsp3) is 0.419. The highest BCUT2D eigenvalue weighted by Crippen LogP contribution is 2.42. The van der Waals surface area contributed by atoms with Crippen molar-refractivity contribution in [1.82, 2.24) is 29.1 Å². The van der Waals surface area contributed by atoms with E-state index in [1.165, 1.54) is 41.0 Å². The zero-order chi connectivity index (χ0) is 43.8. The first-order valence-corrected chi connectivity index (χ1v) is 20.4. The molecule has 7 rings (SSSR count). The Labute approximate surface area is 355 Å². The summed E-state index contributed by atoms with van der Waals surface area (Å²) in [7, 11) is 0. The molecule has 19 heteroatoms. The van der Waals surface area contributed by atoms with Gasteiger partial charge in [-0.15, -0.1) is 0 Å². The molecular weight excluding hydrogens is 811 g/mol. The summed E-state index contributed by atoms with van der Waals surface area (Å²) in [5.74, 6) is -1.50. The monoisotopic (exact) mass is 858 g/mol. The van der Waals surface area contributed by atoms with Gasteiger partial charge in [-0.25, -0.2) is 37.3 Å². The zero-order valence-electron chi connectivity index (χ0n) is 34.5. The van der Waals surface area contributed by atoms with E-state index in [2.05, 4.69) is 25.0 Å². The van der Waals surface area contributed by atoms with Gasteiger partial charge >= 0.3 is 17.8 Å². The Bertz CT molecular complexity index is 2350. The zero-order valence-corrected chi connectivity index (χ0v) is 34.5. The molecule has 1 unspecified atom stereocenters. The number of aldehydes is 1. The highest BCUT2D eigenvalue weighted by atomic mass is 19.1. The van der Waals surface area contributed by atoms with Gasteiger partial charge in [0.2, 0.25) is 6.29 Å². The summed E-state index contributed by atoms with van der Waals surface area (Å²) in [6, 6.07) is 18.5. The van der Waals surface area contributed by atoms with Gasteiger partial charge in [0.15, 0.2) is 0 Å². The third-order valence-corrected chi connectivity index (χ3v) is 11.0. The van der Waals surface area contributed by atoms with Gasteiger partial charge < -0.3 is 38.3 Å². The van der Waals surface area contributed by atoms with E-state index in [-0.39, 0.29) is 18.0 Å². The highest BCUT2D eigenvalue weighted by molar-refractivity contribution is 5.83. The van der Waals surface area contributed by atoms with Crippen LogP contribution < -0.4 is 20.2 Å². The molecule has 2 saturated heterocycles. The second kappa shape index (κ2) is 19.4. The van der Waals surface area contributed by atoms with Gasteiger partial charge in [-0.05, 0) is 74.4 Å². The van der Waals surface area contributed by atoms with Crippen molar-refractivity contribution < 1.29 is 46.8 Å². The summed E-state index contributed by atoms with van der Waals surface area (Å²) in [6.07, 6.45) is 1.95. The van der Waals surface area contributed by atoms with Crippen LogP contribution in [0.2, 0.25) is 0 Å². The molecule has 62 heavy (non-hydrogen) atoms. The minimum atomic E-state index is -1.27. The number of nitrogens with zero attached hydrogens (tertiary/aromatic N) is 8. The smallest absolute Gasteiger partial charge is 0.493 e. The number of benzene rings is 3. The Morgan fingerprint density at radius 2 is 1.58 bits per heavy atom. The van der Waals surface area contributed by atoms with Crippen LogP contribution >= 0.6 is 0 Å². The minimum absolute atomic E-state index is 0.0425. The molecule has 0 radical (unpaired) electrons. The fourth-order valence-electron chi connectivity index (χ4n) is 7.94. The number of halogens is 2. The fourth-order valence-corrected chi connectivity index (χ4v) is 7.94. The molecule has 2 fully saturated rings. The molecule has 4 heterocycles. The molecule has 0 aliphatic carbocycles. The number of rotatable bonds is 17. The van der Waals surface area contributed by atoms with E-state index in [4.69, 9.17) is 23.7 Å². The Morgan fingerprint density at radius 1 is 0.903 bits per heavy atom. The van der Waals surface area contributed by atoms with Gasteiger partial charge in [0.25, 0.3) is 0 Å². The molecule has 0 N–H and O–H groups in total. The van der Waals surface area contributed by atoms with E-state index in [0.29, 0.717) is 43.8 Å². The average Bonchev–Trinajstić information content (AvgIpc) is 4.02. The number of esters is 1. The Hall–Kier alpha value is -6.63. The summed E-state index contributed by atoms with van der Waals surface area (Å²) in [4.78, 5) is 56.4. The van der Waals surface area contributed by atoms with Gasteiger partial charge in [0.05, 0.1) is 31.5 Å². The molecule has 3 aromatic carbocycles. The van der Waals surface area contributed by atoms with Gasteiger partial charge in [0, 0.05) is 62.0 Å². The van der Waals surface area contributed by atoms with Gasteiger partial charge in [-0.2, -0.15) is 10.2 Å². The van der Waals surface area contributed by atoms with Gasteiger partial charge in [0.1, 0.15) is 60.8 Å². The van der Waals surface area contributed by atoms with Crippen LogP contribution in [-0.4, -0.2) is 99.3 Å². The molecule has 328 valence electrons. The average molecular weight is 859 g/mol. The predicted molar refractivity (Wildman–Crippen MR) is 219 cm³/mol. The van der Waals surface area contributed by atoms with Crippen molar-refractivity contribution in [3.63, 3.8) is 0 Å². The molecular formula is C43H48F2N8O9. The maximum Gasteiger partial charge on any atom is 0.511 e. The second-order valence-corrected chi connectivity index (χ2v) is 15.2. The number of anilines is 2. The van der Waals surface area contributed by atoms with E-state index in [1.807, 2.05) is 55.5 Å². The quantitative estimate of drug-likeness (QED) is 0.0516. The Balaban J connectivity index is 0.890. The van der Waals surface area contributed by atoms with Crippen molar-refractivity contribution in [3.8, 4) is 11.4 Å². The SMILES string of the molecule is CC[C@@H]([C@H](C)OC(=O)OC(C)OC(=O)CC=O)n1ncn(-c2ccc(N3CCN(c4ccc(OC[C@@H]5CO[C@@](Cn6cncn6)(c6ccc(F)cc6F)C5)cc4)CC3)cc2)c1=O. The number of aromatic nitrogens is 6. The molecule has 0 saturated carbocycles. The third-order valence-electron chi connectivity index (χ3n) is 11.0. The van der Waals surface area contributed by atoms with Crippen LogP contribution in [-0.2, 0) is 40.7 Å². The van der Waals surface area contributed by atoms with Crippen molar-refractivity contribution in [3.05, 3.63) is 113 Å². The molecule has 17 nitrogen and oxygen atoms in total. The standard InChI is InChI=1S/C43H48F2N8O9/c1-4-39(29(2)60-42(57)62-30(3)61-40(55)15-20-54)53-41(56)52(28-48-53)35-8-6-33(7-9-35)49-16-18-50(19-17-49)34-10-12-36(13-11-34)58-23-31-22-43(59-24-31,25-51-27-46-26-47-51)37-14-5-32(44)21-38(37)45/h5-14,20-21,26-31,39H,4,15-19,22-25H2,1-3H3/t29-,30?,31+,39-,43-/m0/s1. The number of hydrogen-bond donors (Lipinski definition) is 0. The van der Waals surface area contributed by atoms with E-state index in [0.717, 1.165) is 43.6 Å². The normalized spacial score (nSPS) is 19.1. The van der Waals surface area contributed by atoms with Crippen molar-refractivity contribution in [2.75, 3.05) is 49.2 Å². The van der Waals surface area contributed by atoms with Gasteiger partial charge in [-0.1, -0.05) is 13.0 Å². The van der Waals surface area contributed by atoms with E-state index >= 15 is 4.39 Å². The summed E-state index contributed by atoms with van der Waals surface area (Å²) >= 11 is 0. The minimum Gasteiger partial charge on any atom is -0.493 e. The number of carbonyl (C=O) groups is 3. The van der Waals surface area contributed by atoms with Crippen molar-refractivity contribution in [2.45, 2.75) is 70.6 Å². The Kier molecular flexibility index (Phi) is 13.6. The maximum atomic E-state index is 15.0. The first-order valence-electron chi connectivity index (χ1n) is 20.4. The largest absolute Gasteiger partial charge is 0.511 e. The third kappa shape index (κ3) is 10.1. The van der Waals surface area contributed by atoms with Crippen LogP contribution in [0.25, 0.3) is 5.69 Å². The first kappa shape index (κ1) is 43.5. The lowest BCUT2D eigenvalue weighted by Crippen LogP contribution is -2.46. The molecule has 0 amide bonds. The lowest BCUT2D eigenvalue weighted by molar-refractivity contribution is -0.168. The number of ether oxygens (including phenoxy) is 5. The predicted octanol–water partition coefficient (Wildman–Crippen LogP) is 5.21. The van der Waals surface area contributed by atoms with Crippen molar-refractivity contribution >= 4 is 29.8 Å². The second-order valence-electron chi connectivity index (χ2n) is 15.2. The number of carbonyl (C=O) groups excluding carboxylic acids is 3. The Morgan fingerprint density at radius 3 is 2.21 bits per heavy atom. The maximum absolute atomic E-state index is 15.0. The van der Waals surface area contributed by atoms with E-state index in [9.17, 15) is 23.6 Å². The van der Waals surface area contributed by atoms with Crippen molar-refractivity contribution in [1.29, 1.82) is 0 Å². The highest BCUT2D eigenvalue weighted by Gasteiger charge is 2.44. The van der Waals surface area contributed by atoms with Crippen LogP contribution in [0.4, 0.5) is 25.0 Å². The molecule has 2 aromatic heterocycles. The van der Waals surface area contributed by atoms with Crippen molar-refractivity contribution in [2.24, 2.45) is 5.92 Å². The summed E-state index contributed by atoms with van der Waals surface area (Å²) in [5, 5.41) is 8.49. The van der Waals surface area contributed by atoms with E-state index < -0.39 is 59.9 Å². The first-order chi connectivity index (χ1) is 29.9. The van der Waals surface area contributed by atoms with Crippen LogP contribution in [0.1, 0.15) is 51.6 Å². The lowest BCUT2D eigenvalue weighted by atomic mass is 9.87. The molecule has 2 aliphatic rings. The summed E-state index contributed by atoms with van der Waals surface area (Å²) in [5.41, 5.74) is 1.51. The number of piperazine rings is 1. The molecule has 2 aliphatic heterocycles.